The molecule has 98 valence electrons. The molecule has 2 N–H and O–H groups in total. The van der Waals surface area contributed by atoms with Gasteiger partial charge in [0, 0.05) is 13.2 Å². The molecule has 0 saturated carbocycles. The number of piperidine rings is 1. The second-order valence-corrected chi connectivity index (χ2v) is 5.34. The van der Waals surface area contributed by atoms with Gasteiger partial charge in [-0.25, -0.2) is 0 Å². The summed E-state index contributed by atoms with van der Waals surface area (Å²) in [5.74, 6) is 0.238. The third-order valence-electron chi connectivity index (χ3n) is 3.95. The lowest BCUT2D eigenvalue weighted by Crippen LogP contribution is -2.52. The Kier molecular flexibility index (Phi) is 4.40. The third kappa shape index (κ3) is 2.99. The molecular weight excluding hydrogens is 216 g/mol. The van der Waals surface area contributed by atoms with Crippen LogP contribution < -0.4 is 10.6 Å². The molecule has 0 bridgehead atoms. The fourth-order valence-corrected chi connectivity index (χ4v) is 2.95. The van der Waals surface area contributed by atoms with Crippen LogP contribution in [0, 0.1) is 5.41 Å². The largest absolute Gasteiger partial charge is 0.379 e. The SMILES string of the molecule is CCCC1(C(=O)NC2CCOC2)CCCNC1. The molecule has 0 aromatic rings. The van der Waals surface area contributed by atoms with E-state index in [4.69, 9.17) is 4.74 Å². The smallest absolute Gasteiger partial charge is 0.227 e. The van der Waals surface area contributed by atoms with E-state index in [0.717, 1.165) is 51.8 Å². The van der Waals surface area contributed by atoms with Crippen LogP contribution in [0.15, 0.2) is 0 Å². The van der Waals surface area contributed by atoms with E-state index >= 15 is 0 Å². The van der Waals surface area contributed by atoms with Gasteiger partial charge in [0.25, 0.3) is 0 Å². The molecule has 0 aromatic heterocycles. The summed E-state index contributed by atoms with van der Waals surface area (Å²) >= 11 is 0. The molecular formula is C13H24N2O2. The molecule has 0 spiro atoms. The highest BCUT2D eigenvalue weighted by molar-refractivity contribution is 5.83. The summed E-state index contributed by atoms with van der Waals surface area (Å²) in [5.41, 5.74) is -0.171. The van der Waals surface area contributed by atoms with E-state index in [-0.39, 0.29) is 17.4 Å². The fraction of sp³-hybridized carbons (Fsp3) is 0.923. The summed E-state index contributed by atoms with van der Waals surface area (Å²) in [6.07, 6.45) is 5.14. The molecule has 2 fully saturated rings. The minimum absolute atomic E-state index is 0.171. The van der Waals surface area contributed by atoms with Gasteiger partial charge in [-0.1, -0.05) is 13.3 Å². The van der Waals surface area contributed by atoms with Crippen LogP contribution in [0.5, 0.6) is 0 Å². The van der Waals surface area contributed by atoms with Crippen LogP contribution in [0.25, 0.3) is 0 Å². The van der Waals surface area contributed by atoms with Gasteiger partial charge in [-0.15, -0.1) is 0 Å². The second-order valence-electron chi connectivity index (χ2n) is 5.34. The molecule has 0 aliphatic carbocycles. The van der Waals surface area contributed by atoms with Crippen molar-refractivity contribution in [3.8, 4) is 0 Å². The standard InChI is InChI=1S/C13H24N2O2/c1-2-5-13(6-3-7-14-10-13)12(16)15-11-4-8-17-9-11/h11,14H,2-10H2,1H3,(H,15,16). The number of nitrogens with one attached hydrogen (secondary N) is 2. The van der Waals surface area contributed by atoms with Crippen LogP contribution in [0.3, 0.4) is 0 Å². The molecule has 4 heteroatoms. The van der Waals surface area contributed by atoms with Gasteiger partial charge in [0.1, 0.15) is 0 Å². The normalized spacial score (nSPS) is 33.6. The maximum atomic E-state index is 12.5. The zero-order valence-electron chi connectivity index (χ0n) is 10.8. The van der Waals surface area contributed by atoms with E-state index in [1.54, 1.807) is 0 Å². The molecule has 2 heterocycles. The van der Waals surface area contributed by atoms with Crippen molar-refractivity contribution < 1.29 is 9.53 Å². The molecule has 2 rings (SSSR count). The zero-order chi connectivity index (χ0) is 12.1. The number of hydrogen-bond donors (Lipinski definition) is 2. The molecule has 0 radical (unpaired) electrons. The molecule has 1 amide bonds. The van der Waals surface area contributed by atoms with Crippen molar-refractivity contribution in [1.82, 2.24) is 10.6 Å². The van der Waals surface area contributed by atoms with Crippen LogP contribution in [0.4, 0.5) is 0 Å². The Labute approximate surface area is 103 Å². The minimum atomic E-state index is -0.171. The first kappa shape index (κ1) is 12.8. The number of rotatable bonds is 4. The van der Waals surface area contributed by atoms with E-state index in [1.807, 2.05) is 0 Å². The van der Waals surface area contributed by atoms with Gasteiger partial charge in [0.05, 0.1) is 18.1 Å². The van der Waals surface area contributed by atoms with Crippen LogP contribution in [-0.4, -0.2) is 38.3 Å². The number of carbonyl (C=O) groups excluding carboxylic acids is 1. The maximum Gasteiger partial charge on any atom is 0.227 e. The lowest BCUT2D eigenvalue weighted by atomic mass is 9.76. The summed E-state index contributed by atoms with van der Waals surface area (Å²) < 4.78 is 5.31. The van der Waals surface area contributed by atoms with Gasteiger partial charge in [-0.3, -0.25) is 4.79 Å². The second kappa shape index (κ2) is 5.83. The Morgan fingerprint density at radius 2 is 2.47 bits per heavy atom. The fourth-order valence-electron chi connectivity index (χ4n) is 2.95. The summed E-state index contributed by atoms with van der Waals surface area (Å²) in [6, 6.07) is 0.234. The van der Waals surface area contributed by atoms with Gasteiger partial charge >= 0.3 is 0 Å². The Morgan fingerprint density at radius 3 is 3.06 bits per heavy atom. The number of hydrogen-bond acceptors (Lipinski definition) is 3. The third-order valence-corrected chi connectivity index (χ3v) is 3.95. The zero-order valence-corrected chi connectivity index (χ0v) is 10.8. The van der Waals surface area contributed by atoms with Crippen LogP contribution >= 0.6 is 0 Å². The molecule has 2 unspecified atom stereocenters. The Bertz CT molecular complexity index is 251. The Morgan fingerprint density at radius 1 is 1.59 bits per heavy atom. The minimum Gasteiger partial charge on any atom is -0.379 e. The Balaban J connectivity index is 1.96. The lowest BCUT2D eigenvalue weighted by Gasteiger charge is -2.37. The van der Waals surface area contributed by atoms with Crippen molar-refractivity contribution in [2.45, 2.75) is 45.1 Å². The van der Waals surface area contributed by atoms with Crippen LogP contribution in [-0.2, 0) is 9.53 Å². The molecule has 2 aliphatic rings. The van der Waals surface area contributed by atoms with E-state index < -0.39 is 0 Å². The summed E-state index contributed by atoms with van der Waals surface area (Å²) in [4.78, 5) is 12.5. The molecule has 4 nitrogen and oxygen atoms in total. The van der Waals surface area contributed by atoms with Gasteiger partial charge in [-0.2, -0.15) is 0 Å². The van der Waals surface area contributed by atoms with Crippen molar-refractivity contribution in [1.29, 1.82) is 0 Å². The van der Waals surface area contributed by atoms with Crippen molar-refractivity contribution in [3.05, 3.63) is 0 Å². The topological polar surface area (TPSA) is 50.4 Å². The van der Waals surface area contributed by atoms with Crippen molar-refractivity contribution in [2.24, 2.45) is 5.41 Å². The van der Waals surface area contributed by atoms with E-state index in [0.29, 0.717) is 6.61 Å². The van der Waals surface area contributed by atoms with Crippen LogP contribution in [0.2, 0.25) is 0 Å². The monoisotopic (exact) mass is 240 g/mol. The van der Waals surface area contributed by atoms with Crippen molar-refractivity contribution in [3.63, 3.8) is 0 Å². The highest BCUT2D eigenvalue weighted by Crippen LogP contribution is 2.32. The first-order valence-electron chi connectivity index (χ1n) is 6.86. The molecule has 2 saturated heterocycles. The lowest BCUT2D eigenvalue weighted by molar-refractivity contribution is -0.133. The highest BCUT2D eigenvalue weighted by Gasteiger charge is 2.39. The van der Waals surface area contributed by atoms with E-state index in [1.165, 1.54) is 0 Å². The summed E-state index contributed by atoms with van der Waals surface area (Å²) in [5, 5.41) is 6.54. The first-order valence-corrected chi connectivity index (χ1v) is 6.86. The van der Waals surface area contributed by atoms with Crippen molar-refractivity contribution in [2.75, 3.05) is 26.3 Å². The average molecular weight is 240 g/mol. The first-order chi connectivity index (χ1) is 8.27. The average Bonchev–Trinajstić information content (AvgIpc) is 2.83. The predicted octanol–water partition coefficient (Wildman–Crippen LogP) is 1.06. The number of amides is 1. The number of carbonyl (C=O) groups is 1. The molecule has 2 atom stereocenters. The van der Waals surface area contributed by atoms with E-state index in [9.17, 15) is 4.79 Å². The highest BCUT2D eigenvalue weighted by atomic mass is 16.5. The van der Waals surface area contributed by atoms with Gasteiger partial charge in [0.2, 0.25) is 5.91 Å². The molecule has 2 aliphatic heterocycles. The van der Waals surface area contributed by atoms with Crippen LogP contribution in [0.1, 0.15) is 39.0 Å². The molecule has 0 aromatic carbocycles. The predicted molar refractivity (Wildman–Crippen MR) is 66.8 cm³/mol. The molecule has 17 heavy (non-hydrogen) atoms. The summed E-state index contributed by atoms with van der Waals surface area (Å²) in [6.45, 7) is 5.50. The number of ether oxygens (including phenoxy) is 1. The summed E-state index contributed by atoms with van der Waals surface area (Å²) in [7, 11) is 0. The maximum absolute atomic E-state index is 12.5. The van der Waals surface area contributed by atoms with Gasteiger partial charge in [-0.05, 0) is 32.2 Å². The Hall–Kier alpha value is -0.610. The van der Waals surface area contributed by atoms with Gasteiger partial charge < -0.3 is 15.4 Å². The van der Waals surface area contributed by atoms with Crippen molar-refractivity contribution >= 4 is 5.91 Å². The quantitative estimate of drug-likeness (QED) is 0.772. The van der Waals surface area contributed by atoms with Gasteiger partial charge in [0.15, 0.2) is 0 Å². The van der Waals surface area contributed by atoms with E-state index in [2.05, 4.69) is 17.6 Å².